The Bertz CT molecular complexity index is 527. The van der Waals surface area contributed by atoms with E-state index in [0.717, 1.165) is 37.6 Å². The molecule has 1 saturated heterocycles. The van der Waals surface area contributed by atoms with Crippen molar-refractivity contribution in [2.75, 3.05) is 20.2 Å². The summed E-state index contributed by atoms with van der Waals surface area (Å²) in [6.45, 7) is 9.97. The maximum atomic E-state index is 11.4. The summed E-state index contributed by atoms with van der Waals surface area (Å²) in [5, 5.41) is 9.95. The van der Waals surface area contributed by atoms with Crippen LogP contribution in [0.1, 0.15) is 58.2 Å². The summed E-state index contributed by atoms with van der Waals surface area (Å²) in [4.78, 5) is 18.1. The molecule has 0 unspecified atom stereocenters. The minimum atomic E-state index is -1.02. The summed E-state index contributed by atoms with van der Waals surface area (Å²) in [6.07, 6.45) is 2.30. The topological polar surface area (TPSA) is 75.8 Å². The fourth-order valence-electron chi connectivity index (χ4n) is 2.92. The molecule has 6 heteroatoms. The molecule has 0 radical (unpaired) electrons. The highest BCUT2D eigenvalue weighted by atomic mass is 16.5. The molecule has 6 nitrogen and oxygen atoms in total. The lowest BCUT2D eigenvalue weighted by molar-refractivity contribution is -0.154. The van der Waals surface area contributed by atoms with Crippen molar-refractivity contribution in [3.63, 3.8) is 0 Å². The summed E-state index contributed by atoms with van der Waals surface area (Å²) in [6, 6.07) is 0.0855. The molecule has 1 aliphatic rings. The number of esters is 1. The van der Waals surface area contributed by atoms with Crippen molar-refractivity contribution < 1.29 is 19.1 Å². The third-order valence-corrected chi connectivity index (χ3v) is 4.63. The van der Waals surface area contributed by atoms with Crippen LogP contribution in [0.4, 0.5) is 0 Å². The zero-order valence-electron chi connectivity index (χ0n) is 14.7. The number of aliphatic hydroxyl groups is 1. The number of likely N-dealkylation sites (tertiary alicyclic amines) is 1. The lowest BCUT2D eigenvalue weighted by atomic mass is 9.90. The van der Waals surface area contributed by atoms with Crippen LogP contribution in [-0.4, -0.2) is 47.3 Å². The van der Waals surface area contributed by atoms with Crippen molar-refractivity contribution in [3.8, 4) is 0 Å². The largest absolute Gasteiger partial charge is 0.467 e. The Morgan fingerprint density at radius 3 is 2.52 bits per heavy atom. The van der Waals surface area contributed by atoms with Gasteiger partial charge < -0.3 is 14.3 Å². The van der Waals surface area contributed by atoms with Crippen molar-refractivity contribution in [2.24, 2.45) is 5.92 Å². The van der Waals surface area contributed by atoms with Crippen molar-refractivity contribution in [2.45, 2.75) is 58.1 Å². The van der Waals surface area contributed by atoms with Gasteiger partial charge in [0.15, 0.2) is 6.10 Å². The van der Waals surface area contributed by atoms with Gasteiger partial charge in [-0.05, 0) is 38.8 Å². The van der Waals surface area contributed by atoms with Crippen molar-refractivity contribution in [1.82, 2.24) is 9.88 Å². The lowest BCUT2D eigenvalue weighted by Crippen LogP contribution is -2.41. The molecular weight excluding hydrogens is 296 g/mol. The first-order chi connectivity index (χ1) is 10.7. The van der Waals surface area contributed by atoms with Gasteiger partial charge in [0, 0.05) is 5.41 Å². The number of hydrogen-bond donors (Lipinski definition) is 1. The van der Waals surface area contributed by atoms with Crippen LogP contribution in [0.2, 0.25) is 0 Å². The fourth-order valence-corrected chi connectivity index (χ4v) is 2.92. The van der Waals surface area contributed by atoms with Crippen LogP contribution in [0.25, 0.3) is 0 Å². The molecule has 0 amide bonds. The smallest absolute Gasteiger partial charge is 0.334 e. The summed E-state index contributed by atoms with van der Waals surface area (Å²) >= 11 is 0. The minimum absolute atomic E-state index is 0.0411. The van der Waals surface area contributed by atoms with Crippen LogP contribution < -0.4 is 0 Å². The van der Waals surface area contributed by atoms with E-state index in [2.05, 4.69) is 42.3 Å². The number of rotatable bonds is 4. The number of hydrogen-bond acceptors (Lipinski definition) is 6. The molecule has 1 aliphatic heterocycles. The molecule has 130 valence electrons. The number of aromatic nitrogens is 1. The number of carbonyl (C=O) groups excluding carboxylic acids is 1. The number of ether oxygens (including phenoxy) is 1. The molecule has 0 bridgehead atoms. The van der Waals surface area contributed by atoms with Gasteiger partial charge in [-0.1, -0.05) is 20.8 Å². The minimum Gasteiger partial charge on any atom is -0.467 e. The Labute approximate surface area is 137 Å². The van der Waals surface area contributed by atoms with Gasteiger partial charge in [0.1, 0.15) is 5.76 Å². The third kappa shape index (κ3) is 4.12. The van der Waals surface area contributed by atoms with Crippen molar-refractivity contribution in [1.29, 1.82) is 0 Å². The van der Waals surface area contributed by atoms with Gasteiger partial charge >= 0.3 is 5.97 Å². The Hall–Kier alpha value is -1.40. The summed E-state index contributed by atoms with van der Waals surface area (Å²) in [7, 11) is 1.30. The molecule has 2 heterocycles. The normalized spacial score (nSPS) is 20.3. The number of carbonyl (C=O) groups is 1. The molecule has 2 atom stereocenters. The van der Waals surface area contributed by atoms with E-state index < -0.39 is 12.1 Å². The van der Waals surface area contributed by atoms with E-state index in [9.17, 15) is 9.90 Å². The van der Waals surface area contributed by atoms with E-state index in [1.807, 2.05) is 0 Å². The molecule has 0 aromatic carbocycles. The van der Waals surface area contributed by atoms with Crippen LogP contribution in [-0.2, 0) is 14.9 Å². The van der Waals surface area contributed by atoms with Gasteiger partial charge in [0.2, 0.25) is 5.89 Å². The number of aliphatic hydroxyl groups excluding tert-OH is 1. The number of piperidine rings is 1. The molecule has 1 N–H and O–H groups in total. The van der Waals surface area contributed by atoms with Crippen LogP contribution in [0.5, 0.6) is 0 Å². The molecule has 1 aromatic rings. The molecule has 0 aliphatic carbocycles. The highest BCUT2D eigenvalue weighted by molar-refractivity contribution is 5.74. The second kappa shape index (κ2) is 7.01. The van der Waals surface area contributed by atoms with Crippen LogP contribution in [0.3, 0.4) is 0 Å². The standard InChI is InChI=1S/C17H28N2O4/c1-11(15-18-10-13(23-15)17(2,3)4)19-8-6-12(7-9-19)14(20)16(21)22-5/h10-12,14,20H,6-9H2,1-5H3/t11-,14+/m0/s1. The van der Waals surface area contributed by atoms with Gasteiger partial charge in [-0.3, -0.25) is 4.90 Å². The van der Waals surface area contributed by atoms with Crippen molar-refractivity contribution >= 4 is 5.97 Å². The van der Waals surface area contributed by atoms with Gasteiger partial charge in [-0.25, -0.2) is 9.78 Å². The van der Waals surface area contributed by atoms with E-state index >= 15 is 0 Å². The highest BCUT2D eigenvalue weighted by Crippen LogP contribution is 2.30. The number of oxazole rings is 1. The Morgan fingerprint density at radius 1 is 1.43 bits per heavy atom. The summed E-state index contributed by atoms with van der Waals surface area (Å²) in [5.41, 5.74) is -0.0530. The van der Waals surface area contributed by atoms with Gasteiger partial charge in [-0.15, -0.1) is 0 Å². The summed E-state index contributed by atoms with van der Waals surface area (Å²) in [5.74, 6) is 1.02. The average molecular weight is 324 g/mol. The first-order valence-electron chi connectivity index (χ1n) is 8.20. The second-order valence-corrected chi connectivity index (χ2v) is 7.33. The second-order valence-electron chi connectivity index (χ2n) is 7.33. The van der Waals surface area contributed by atoms with E-state index in [4.69, 9.17) is 4.42 Å². The lowest BCUT2D eigenvalue weighted by Gasteiger charge is -2.35. The highest BCUT2D eigenvalue weighted by Gasteiger charge is 2.33. The SMILES string of the molecule is COC(=O)[C@H](O)C1CCN([C@@H](C)c2ncc(C(C)(C)C)o2)CC1. The van der Waals surface area contributed by atoms with Crippen molar-refractivity contribution in [3.05, 3.63) is 17.8 Å². The van der Waals surface area contributed by atoms with Crippen LogP contribution in [0.15, 0.2) is 10.6 Å². The van der Waals surface area contributed by atoms with Gasteiger partial charge in [0.05, 0.1) is 19.3 Å². The molecule has 1 fully saturated rings. The zero-order valence-corrected chi connectivity index (χ0v) is 14.7. The molecule has 1 aromatic heterocycles. The van der Waals surface area contributed by atoms with E-state index in [0.29, 0.717) is 0 Å². The van der Waals surface area contributed by atoms with E-state index in [-0.39, 0.29) is 17.4 Å². The number of nitrogens with zero attached hydrogens (tertiary/aromatic N) is 2. The quantitative estimate of drug-likeness (QED) is 0.856. The Morgan fingerprint density at radius 2 is 2.04 bits per heavy atom. The molecular formula is C17H28N2O4. The zero-order chi connectivity index (χ0) is 17.2. The van der Waals surface area contributed by atoms with Gasteiger partial charge in [-0.2, -0.15) is 0 Å². The fraction of sp³-hybridized carbons (Fsp3) is 0.765. The summed E-state index contributed by atoms with van der Waals surface area (Å²) < 4.78 is 10.5. The monoisotopic (exact) mass is 324 g/mol. The van der Waals surface area contributed by atoms with E-state index in [1.165, 1.54) is 7.11 Å². The molecule has 0 saturated carbocycles. The first kappa shape index (κ1) is 17.9. The maximum Gasteiger partial charge on any atom is 0.334 e. The molecule has 0 spiro atoms. The van der Waals surface area contributed by atoms with Gasteiger partial charge in [0.25, 0.3) is 0 Å². The van der Waals surface area contributed by atoms with Crippen LogP contribution in [0, 0.1) is 5.92 Å². The first-order valence-corrected chi connectivity index (χ1v) is 8.20. The maximum absolute atomic E-state index is 11.4. The molecule has 2 rings (SSSR count). The predicted octanol–water partition coefficient (Wildman–Crippen LogP) is 2.28. The average Bonchev–Trinajstić information content (AvgIpc) is 3.03. The number of methoxy groups -OCH3 is 1. The molecule has 23 heavy (non-hydrogen) atoms. The third-order valence-electron chi connectivity index (χ3n) is 4.63. The predicted molar refractivity (Wildman–Crippen MR) is 85.9 cm³/mol. The Balaban J connectivity index is 1.94. The Kier molecular flexibility index (Phi) is 5.47. The van der Waals surface area contributed by atoms with Crippen LogP contribution >= 0.6 is 0 Å². The van der Waals surface area contributed by atoms with E-state index in [1.54, 1.807) is 6.20 Å².